The third-order valence-electron chi connectivity index (χ3n) is 7.75. The highest BCUT2D eigenvalue weighted by Crippen LogP contribution is 2.62. The Morgan fingerprint density at radius 1 is 0.935 bits per heavy atom. The first-order valence-electron chi connectivity index (χ1n) is 11.1. The van der Waals surface area contributed by atoms with Crippen molar-refractivity contribution in [1.29, 1.82) is 0 Å². The quantitative estimate of drug-likeness (QED) is 0.519. The zero-order valence-corrected chi connectivity index (χ0v) is 18.0. The van der Waals surface area contributed by atoms with Crippen LogP contribution >= 0.6 is 0 Å². The second kappa shape index (κ2) is 7.40. The van der Waals surface area contributed by atoms with E-state index in [1.807, 2.05) is 6.92 Å². The van der Waals surface area contributed by atoms with Crippen molar-refractivity contribution in [3.8, 4) is 11.5 Å². The van der Waals surface area contributed by atoms with E-state index in [4.69, 9.17) is 9.47 Å². The molecule has 4 bridgehead atoms. The van der Waals surface area contributed by atoms with E-state index in [0.29, 0.717) is 40.4 Å². The molecule has 2 aromatic carbocycles. The molecule has 0 aliphatic heterocycles. The molecule has 0 heterocycles. The Hall–Kier alpha value is -2.82. The molecule has 0 radical (unpaired) electrons. The maximum atomic E-state index is 12.9. The maximum absolute atomic E-state index is 12.9. The number of benzene rings is 2. The molecule has 6 rings (SSSR count). The average Bonchev–Trinajstić information content (AvgIpc) is 2.72. The van der Waals surface area contributed by atoms with Crippen molar-refractivity contribution in [3.05, 3.63) is 58.7 Å². The first-order valence-corrected chi connectivity index (χ1v) is 11.1. The lowest BCUT2D eigenvalue weighted by Crippen LogP contribution is -2.49. The van der Waals surface area contributed by atoms with Crippen molar-refractivity contribution < 1.29 is 24.2 Å². The Labute approximate surface area is 182 Å². The summed E-state index contributed by atoms with van der Waals surface area (Å²) in [5.41, 5.74) is 2.36. The van der Waals surface area contributed by atoms with E-state index in [0.717, 1.165) is 30.4 Å². The molecule has 5 nitrogen and oxygen atoms in total. The molecule has 4 fully saturated rings. The molecular formula is C26H28O5. The minimum Gasteiger partial charge on any atom is -0.497 e. The van der Waals surface area contributed by atoms with Crippen LogP contribution < -0.4 is 9.47 Å². The first-order chi connectivity index (χ1) is 14.9. The number of esters is 1. The third-order valence-corrected chi connectivity index (χ3v) is 7.75. The molecule has 2 aromatic rings. The summed E-state index contributed by atoms with van der Waals surface area (Å²) in [5, 5.41) is 9.75. The first kappa shape index (κ1) is 20.1. The molecule has 0 amide bonds. The van der Waals surface area contributed by atoms with Crippen LogP contribution in [0.1, 0.15) is 70.4 Å². The fourth-order valence-corrected chi connectivity index (χ4v) is 6.97. The Morgan fingerprint density at radius 3 is 2.03 bits per heavy atom. The Balaban J connectivity index is 1.55. The van der Waals surface area contributed by atoms with Crippen molar-refractivity contribution in [1.82, 2.24) is 0 Å². The summed E-state index contributed by atoms with van der Waals surface area (Å²) >= 11 is 0. The van der Waals surface area contributed by atoms with Crippen molar-refractivity contribution >= 4 is 11.9 Å². The molecule has 0 unspecified atom stereocenters. The normalized spacial score (nSPS) is 28.4. The fourth-order valence-electron chi connectivity index (χ4n) is 6.97. The largest absolute Gasteiger partial charge is 0.497 e. The minimum absolute atomic E-state index is 0.0835. The van der Waals surface area contributed by atoms with E-state index in [-0.39, 0.29) is 5.41 Å². The Morgan fingerprint density at radius 2 is 1.52 bits per heavy atom. The van der Waals surface area contributed by atoms with Crippen LogP contribution in [0.5, 0.6) is 11.5 Å². The van der Waals surface area contributed by atoms with Crippen LogP contribution in [0, 0.1) is 24.7 Å². The number of carbonyl (C=O) groups is 2. The van der Waals surface area contributed by atoms with Crippen LogP contribution in [-0.2, 0) is 5.41 Å². The van der Waals surface area contributed by atoms with E-state index in [2.05, 4.69) is 0 Å². The number of aromatic carboxylic acids is 1. The monoisotopic (exact) mass is 420 g/mol. The topological polar surface area (TPSA) is 72.8 Å². The van der Waals surface area contributed by atoms with Crippen LogP contribution in [0.15, 0.2) is 36.4 Å². The summed E-state index contributed by atoms with van der Waals surface area (Å²) in [4.78, 5) is 24.8. The van der Waals surface area contributed by atoms with Gasteiger partial charge in [-0.2, -0.15) is 0 Å². The van der Waals surface area contributed by atoms with Gasteiger partial charge in [0.2, 0.25) is 0 Å². The van der Waals surface area contributed by atoms with Gasteiger partial charge < -0.3 is 14.6 Å². The molecule has 1 N–H and O–H groups in total. The van der Waals surface area contributed by atoms with Crippen LogP contribution in [0.2, 0.25) is 0 Å². The number of hydrogen-bond acceptors (Lipinski definition) is 4. The van der Waals surface area contributed by atoms with Crippen molar-refractivity contribution in [2.75, 3.05) is 7.11 Å². The number of hydrogen-bond donors (Lipinski definition) is 1. The van der Waals surface area contributed by atoms with Gasteiger partial charge in [0.05, 0.1) is 18.2 Å². The van der Waals surface area contributed by atoms with Gasteiger partial charge in [0.15, 0.2) is 0 Å². The molecule has 4 aliphatic rings. The Kier molecular flexibility index (Phi) is 4.80. The molecule has 4 saturated carbocycles. The zero-order chi connectivity index (χ0) is 21.8. The molecule has 0 saturated heterocycles. The summed E-state index contributed by atoms with van der Waals surface area (Å²) in [5.74, 6) is 1.92. The number of ether oxygens (including phenoxy) is 2. The molecule has 4 aliphatic carbocycles. The number of carboxylic acids is 1. The molecule has 162 valence electrons. The molecule has 31 heavy (non-hydrogen) atoms. The standard InChI is InChI=1S/C26H28O5/c1-15-21(24(27)28)7-8-22(31-25(29)19-3-5-20(30-2)6-4-19)23(15)26-12-16-9-17(13-26)11-18(10-16)14-26/h3-8,16-18H,9-14H2,1-2H3,(H,27,28). The van der Waals surface area contributed by atoms with Gasteiger partial charge in [-0.3, -0.25) is 0 Å². The number of carboxylic acid groups (broad SMARTS) is 1. The number of rotatable bonds is 5. The smallest absolute Gasteiger partial charge is 0.343 e. The summed E-state index contributed by atoms with van der Waals surface area (Å²) in [6, 6.07) is 10.1. The van der Waals surface area contributed by atoms with Gasteiger partial charge in [0.1, 0.15) is 11.5 Å². The lowest BCUT2D eigenvalue weighted by atomic mass is 9.47. The molecular weight excluding hydrogens is 392 g/mol. The zero-order valence-electron chi connectivity index (χ0n) is 18.0. The average molecular weight is 421 g/mol. The number of carbonyl (C=O) groups excluding carboxylic acids is 1. The maximum Gasteiger partial charge on any atom is 0.343 e. The lowest BCUT2D eigenvalue weighted by molar-refractivity contribution is -0.00652. The van der Waals surface area contributed by atoms with Gasteiger partial charge >= 0.3 is 11.9 Å². The van der Waals surface area contributed by atoms with Crippen molar-refractivity contribution in [2.45, 2.75) is 50.9 Å². The lowest BCUT2D eigenvalue weighted by Gasteiger charge is -2.57. The second-order valence-electron chi connectivity index (χ2n) is 9.73. The van der Waals surface area contributed by atoms with Gasteiger partial charge in [-0.15, -0.1) is 0 Å². The van der Waals surface area contributed by atoms with Crippen LogP contribution in [0.25, 0.3) is 0 Å². The summed E-state index contributed by atoms with van der Waals surface area (Å²) < 4.78 is 11.1. The van der Waals surface area contributed by atoms with E-state index in [9.17, 15) is 14.7 Å². The number of methoxy groups -OCH3 is 1. The van der Waals surface area contributed by atoms with Gasteiger partial charge in [0.25, 0.3) is 0 Å². The van der Waals surface area contributed by atoms with E-state index >= 15 is 0 Å². The molecule has 0 aromatic heterocycles. The SMILES string of the molecule is COc1ccc(C(=O)Oc2ccc(C(=O)O)c(C)c2C23CC4CC(CC(C4)C2)C3)cc1. The van der Waals surface area contributed by atoms with Crippen molar-refractivity contribution in [3.63, 3.8) is 0 Å². The van der Waals surface area contributed by atoms with Gasteiger partial charge in [-0.25, -0.2) is 9.59 Å². The third kappa shape index (κ3) is 3.40. The highest BCUT2D eigenvalue weighted by Gasteiger charge is 2.53. The predicted molar refractivity (Wildman–Crippen MR) is 116 cm³/mol. The van der Waals surface area contributed by atoms with Gasteiger partial charge in [-0.1, -0.05) is 0 Å². The van der Waals surface area contributed by atoms with E-state index in [1.54, 1.807) is 43.5 Å². The molecule has 0 atom stereocenters. The molecule has 5 heteroatoms. The fraction of sp³-hybridized carbons (Fsp3) is 0.462. The summed E-state index contributed by atoms with van der Waals surface area (Å²) in [6.45, 7) is 1.88. The predicted octanol–water partition coefficient (Wildman–Crippen LogP) is 5.39. The van der Waals surface area contributed by atoms with Gasteiger partial charge in [-0.05, 0) is 105 Å². The molecule has 0 spiro atoms. The minimum atomic E-state index is -0.934. The van der Waals surface area contributed by atoms with Gasteiger partial charge in [0, 0.05) is 11.0 Å². The van der Waals surface area contributed by atoms with Crippen LogP contribution in [0.3, 0.4) is 0 Å². The Bertz CT molecular complexity index is 1000. The summed E-state index contributed by atoms with van der Waals surface area (Å²) in [6.07, 6.45) is 7.07. The summed E-state index contributed by atoms with van der Waals surface area (Å²) in [7, 11) is 1.58. The van der Waals surface area contributed by atoms with E-state index < -0.39 is 11.9 Å². The van der Waals surface area contributed by atoms with Crippen LogP contribution in [0.4, 0.5) is 0 Å². The second-order valence-corrected chi connectivity index (χ2v) is 9.73. The van der Waals surface area contributed by atoms with E-state index in [1.165, 1.54) is 19.3 Å². The van der Waals surface area contributed by atoms with Crippen molar-refractivity contribution in [2.24, 2.45) is 17.8 Å². The highest BCUT2D eigenvalue weighted by atomic mass is 16.5. The highest BCUT2D eigenvalue weighted by molar-refractivity contribution is 5.93. The van der Waals surface area contributed by atoms with Crippen LogP contribution in [-0.4, -0.2) is 24.2 Å².